The van der Waals surface area contributed by atoms with Gasteiger partial charge in [0.25, 0.3) is 0 Å². The van der Waals surface area contributed by atoms with Crippen molar-refractivity contribution in [2.75, 3.05) is 0 Å². The molecule has 0 aromatic heterocycles. The predicted octanol–water partition coefficient (Wildman–Crippen LogP) is 8.18. The summed E-state index contributed by atoms with van der Waals surface area (Å²) in [4.78, 5) is 0. The Morgan fingerprint density at radius 1 is 0.966 bits per heavy atom. The van der Waals surface area contributed by atoms with Crippen LogP contribution in [0.15, 0.2) is 24.0 Å². The number of rotatable bonds is 5. The van der Waals surface area contributed by atoms with Gasteiger partial charge in [-0.3, -0.25) is 0 Å². The van der Waals surface area contributed by atoms with Crippen molar-refractivity contribution < 1.29 is 5.11 Å². The van der Waals surface area contributed by atoms with Gasteiger partial charge in [0, 0.05) is 0 Å². The van der Waals surface area contributed by atoms with E-state index in [2.05, 4.69) is 53.7 Å². The second kappa shape index (κ2) is 7.76. The third kappa shape index (κ3) is 3.53. The summed E-state index contributed by atoms with van der Waals surface area (Å²) >= 11 is 0. The van der Waals surface area contributed by atoms with Gasteiger partial charge in [0.05, 0.1) is 0 Å². The van der Waals surface area contributed by atoms with Gasteiger partial charge in [-0.25, -0.2) is 0 Å². The SMILES string of the molecule is CC(C)[C@@H](C)CC[C@@H](C)[C@H]1CC[C@H]2[C@@H]3CCC4C=C(O)C=C[C@]4(C)[C@H]3CC[C@]12C. The summed E-state index contributed by atoms with van der Waals surface area (Å²) in [5, 5.41) is 10.0. The van der Waals surface area contributed by atoms with Crippen LogP contribution in [-0.2, 0) is 0 Å². The molecule has 3 fully saturated rings. The van der Waals surface area contributed by atoms with Crippen LogP contribution in [0.5, 0.6) is 0 Å². The maximum absolute atomic E-state index is 10.0. The molecule has 29 heavy (non-hydrogen) atoms. The molecule has 1 nitrogen and oxygen atoms in total. The topological polar surface area (TPSA) is 20.2 Å². The Labute approximate surface area is 180 Å². The van der Waals surface area contributed by atoms with Crippen molar-refractivity contribution in [2.45, 2.75) is 92.9 Å². The van der Waals surface area contributed by atoms with Gasteiger partial charge in [-0.15, -0.1) is 0 Å². The predicted molar refractivity (Wildman–Crippen MR) is 124 cm³/mol. The Kier molecular flexibility index (Phi) is 5.75. The van der Waals surface area contributed by atoms with Gasteiger partial charge >= 0.3 is 0 Å². The third-order valence-corrected chi connectivity index (χ3v) is 10.8. The molecule has 3 saturated carbocycles. The van der Waals surface area contributed by atoms with Gasteiger partial charge in [-0.2, -0.15) is 0 Å². The molecule has 4 rings (SSSR count). The first kappa shape index (κ1) is 21.5. The average Bonchev–Trinajstić information content (AvgIpc) is 3.03. The van der Waals surface area contributed by atoms with Gasteiger partial charge in [0.15, 0.2) is 0 Å². The molecule has 0 aliphatic heterocycles. The normalized spacial score (nSPS) is 45.9. The van der Waals surface area contributed by atoms with Gasteiger partial charge in [-0.1, -0.05) is 60.5 Å². The average molecular weight is 399 g/mol. The van der Waals surface area contributed by atoms with E-state index in [0.29, 0.717) is 17.1 Å². The number of aliphatic hydroxyl groups is 1. The third-order valence-electron chi connectivity index (χ3n) is 10.8. The molecule has 0 spiro atoms. The Bertz CT molecular complexity index is 659. The molecule has 0 bridgehead atoms. The van der Waals surface area contributed by atoms with E-state index in [1.807, 2.05) is 6.08 Å². The van der Waals surface area contributed by atoms with E-state index in [4.69, 9.17) is 0 Å². The summed E-state index contributed by atoms with van der Waals surface area (Å²) in [5.74, 6) is 7.18. The fraction of sp³-hybridized carbons (Fsp3) is 0.857. The summed E-state index contributed by atoms with van der Waals surface area (Å²) in [6.07, 6.45) is 17.8. The number of hydrogen-bond acceptors (Lipinski definition) is 1. The molecule has 0 aromatic carbocycles. The largest absolute Gasteiger partial charge is 0.508 e. The first-order chi connectivity index (χ1) is 13.7. The van der Waals surface area contributed by atoms with Crippen LogP contribution >= 0.6 is 0 Å². The minimum Gasteiger partial charge on any atom is -0.508 e. The molecule has 0 radical (unpaired) electrons. The second-order valence-electron chi connectivity index (χ2n) is 12.4. The fourth-order valence-corrected chi connectivity index (χ4v) is 8.49. The second-order valence-corrected chi connectivity index (χ2v) is 12.4. The standard InChI is InChI=1S/C28H46O/c1-18(2)19(3)7-8-20(4)24-11-12-25-23-10-9-21-17-22(29)13-15-27(21,5)26(23)14-16-28(24,25)6/h13,15,17-21,23-26,29H,7-12,14,16H2,1-6H3/t19-,20+,21?,23-,24+,25-,26-,27-,28+/m0/s1. The van der Waals surface area contributed by atoms with Crippen molar-refractivity contribution in [3.63, 3.8) is 0 Å². The van der Waals surface area contributed by atoms with E-state index < -0.39 is 0 Å². The van der Waals surface area contributed by atoms with Crippen LogP contribution < -0.4 is 0 Å². The maximum atomic E-state index is 10.0. The molecule has 1 unspecified atom stereocenters. The molecular formula is C28H46O. The molecule has 9 atom stereocenters. The van der Waals surface area contributed by atoms with E-state index >= 15 is 0 Å². The first-order valence-electron chi connectivity index (χ1n) is 12.8. The van der Waals surface area contributed by atoms with Crippen molar-refractivity contribution in [3.05, 3.63) is 24.0 Å². The molecule has 164 valence electrons. The van der Waals surface area contributed by atoms with Gasteiger partial charge in [0.2, 0.25) is 0 Å². The van der Waals surface area contributed by atoms with E-state index in [-0.39, 0.29) is 5.41 Å². The van der Waals surface area contributed by atoms with Crippen molar-refractivity contribution in [1.29, 1.82) is 0 Å². The van der Waals surface area contributed by atoms with E-state index in [9.17, 15) is 5.11 Å². The van der Waals surface area contributed by atoms with Crippen molar-refractivity contribution in [1.82, 2.24) is 0 Å². The lowest BCUT2D eigenvalue weighted by molar-refractivity contribution is -0.0742. The summed E-state index contributed by atoms with van der Waals surface area (Å²) in [7, 11) is 0. The highest BCUT2D eigenvalue weighted by atomic mass is 16.3. The van der Waals surface area contributed by atoms with E-state index in [1.165, 1.54) is 51.4 Å². The molecule has 0 saturated heterocycles. The van der Waals surface area contributed by atoms with Crippen LogP contribution in [-0.4, -0.2) is 5.11 Å². The summed E-state index contributed by atoms with van der Waals surface area (Å²) < 4.78 is 0. The Morgan fingerprint density at radius 3 is 2.45 bits per heavy atom. The lowest BCUT2D eigenvalue weighted by Crippen LogP contribution is -2.51. The molecule has 0 heterocycles. The molecule has 0 aromatic rings. The van der Waals surface area contributed by atoms with Crippen molar-refractivity contribution >= 4 is 0 Å². The zero-order valence-corrected chi connectivity index (χ0v) is 20.0. The molecule has 1 N–H and O–H groups in total. The lowest BCUT2D eigenvalue weighted by Gasteiger charge is -2.59. The molecule has 1 heteroatoms. The summed E-state index contributed by atoms with van der Waals surface area (Å²) in [5.41, 5.74) is 0.841. The minimum absolute atomic E-state index is 0.271. The molecular weight excluding hydrogens is 352 g/mol. The minimum atomic E-state index is 0.271. The number of fused-ring (bicyclic) bond motifs is 5. The lowest BCUT2D eigenvalue weighted by atomic mass is 9.46. The Morgan fingerprint density at radius 2 is 1.72 bits per heavy atom. The zero-order valence-electron chi connectivity index (χ0n) is 20.0. The van der Waals surface area contributed by atoms with Gasteiger partial charge < -0.3 is 5.11 Å². The highest BCUT2D eigenvalue weighted by molar-refractivity contribution is 5.27. The number of hydrogen-bond donors (Lipinski definition) is 1. The zero-order chi connectivity index (χ0) is 21.0. The van der Waals surface area contributed by atoms with Crippen LogP contribution in [0.1, 0.15) is 92.9 Å². The van der Waals surface area contributed by atoms with E-state index in [1.54, 1.807) is 0 Å². The number of allylic oxidation sites excluding steroid dienone is 3. The van der Waals surface area contributed by atoms with Crippen LogP contribution in [0.4, 0.5) is 0 Å². The van der Waals surface area contributed by atoms with Crippen molar-refractivity contribution in [3.8, 4) is 0 Å². The quantitative estimate of drug-likeness (QED) is 0.495. The monoisotopic (exact) mass is 398 g/mol. The maximum Gasteiger partial charge on any atom is 0.111 e. The van der Waals surface area contributed by atoms with Crippen LogP contribution in [0.25, 0.3) is 0 Å². The number of aliphatic hydroxyl groups excluding tert-OH is 1. The van der Waals surface area contributed by atoms with Crippen LogP contribution in [0.2, 0.25) is 0 Å². The van der Waals surface area contributed by atoms with Gasteiger partial charge in [-0.05, 0) is 109 Å². The molecule has 4 aliphatic rings. The molecule has 0 amide bonds. The van der Waals surface area contributed by atoms with Crippen LogP contribution in [0.3, 0.4) is 0 Å². The van der Waals surface area contributed by atoms with Crippen molar-refractivity contribution in [2.24, 2.45) is 58.2 Å². The van der Waals surface area contributed by atoms with Crippen LogP contribution in [0, 0.1) is 58.2 Å². The first-order valence-corrected chi connectivity index (χ1v) is 12.8. The summed E-state index contributed by atoms with van der Waals surface area (Å²) in [6, 6.07) is 0. The van der Waals surface area contributed by atoms with Gasteiger partial charge in [0.1, 0.15) is 5.76 Å². The smallest absolute Gasteiger partial charge is 0.111 e. The molecule has 4 aliphatic carbocycles. The Hall–Kier alpha value is -0.720. The fourth-order valence-electron chi connectivity index (χ4n) is 8.49. The van der Waals surface area contributed by atoms with E-state index in [0.717, 1.165) is 41.4 Å². The highest BCUT2D eigenvalue weighted by Gasteiger charge is 2.59. The highest BCUT2D eigenvalue weighted by Crippen LogP contribution is 2.67. The summed E-state index contributed by atoms with van der Waals surface area (Å²) in [6.45, 7) is 15.0. The Balaban J connectivity index is 1.48.